The lowest BCUT2D eigenvalue weighted by atomic mass is 10.3. The summed E-state index contributed by atoms with van der Waals surface area (Å²) in [6.45, 7) is 4.25. The van der Waals surface area contributed by atoms with E-state index in [9.17, 15) is 0 Å². The molecule has 0 aliphatic heterocycles. The van der Waals surface area contributed by atoms with Crippen LogP contribution in [-0.2, 0) is 0 Å². The van der Waals surface area contributed by atoms with Gasteiger partial charge in [-0.3, -0.25) is 0 Å². The van der Waals surface area contributed by atoms with Gasteiger partial charge in [-0.15, -0.1) is 6.58 Å². The maximum atomic E-state index is 6.40. The Morgan fingerprint density at radius 2 is 2.50 bits per heavy atom. The Balaban J connectivity index is 2.93. The van der Waals surface area contributed by atoms with Gasteiger partial charge in [-0.1, -0.05) is 6.08 Å². The molecule has 0 amide bonds. The number of rotatable bonds is 4. The molecule has 0 rings (SSSR count). The maximum Gasteiger partial charge on any atom is 0.0861 e. The summed E-state index contributed by atoms with van der Waals surface area (Å²) in [5.41, 5.74) is 0. The Morgan fingerprint density at radius 3 is 3.00 bits per heavy atom. The second-order valence-corrected chi connectivity index (χ2v) is 1.42. The van der Waals surface area contributed by atoms with Crippen molar-refractivity contribution in [3.8, 4) is 0 Å². The summed E-state index contributed by atoms with van der Waals surface area (Å²) in [6, 6.07) is 1.97. The van der Waals surface area contributed by atoms with Crippen LogP contribution in [0.15, 0.2) is 17.6 Å². The van der Waals surface area contributed by atoms with E-state index in [0.717, 1.165) is 12.8 Å². The first-order valence-corrected chi connectivity index (χ1v) is 2.61. The third kappa shape index (κ3) is 5.12. The quantitative estimate of drug-likeness (QED) is 0.325. The minimum absolute atomic E-state index is 0.704. The molecule has 0 saturated carbocycles. The molecule has 0 fully saturated rings. The van der Waals surface area contributed by atoms with E-state index in [0.29, 0.717) is 6.54 Å². The summed E-state index contributed by atoms with van der Waals surface area (Å²) in [7, 11) is 0. The molecule has 0 aliphatic rings. The number of allylic oxidation sites excluding steroid dienone is 1. The number of aliphatic imine (C=N–C) groups is 1. The zero-order valence-corrected chi connectivity index (χ0v) is 4.85. The highest BCUT2D eigenvalue weighted by Crippen LogP contribution is 1.87. The Hall–Kier alpha value is -0.880. The molecule has 0 atom stereocenters. The second-order valence-electron chi connectivity index (χ2n) is 1.42. The number of hydrogen-bond acceptors (Lipinski definition) is 2. The van der Waals surface area contributed by atoms with Gasteiger partial charge >= 0.3 is 0 Å². The third-order valence-electron chi connectivity index (χ3n) is 0.757. The monoisotopic (exact) mass is 110 g/mol. The highest BCUT2D eigenvalue weighted by atomic mass is 14.7. The van der Waals surface area contributed by atoms with Gasteiger partial charge in [0.2, 0.25) is 0 Å². The SMILES string of the molecule is C=CCCCN=C=N. The van der Waals surface area contributed by atoms with Crippen LogP contribution < -0.4 is 0 Å². The Morgan fingerprint density at radius 1 is 1.75 bits per heavy atom. The van der Waals surface area contributed by atoms with Gasteiger partial charge in [-0.25, -0.2) is 10.4 Å². The highest BCUT2D eigenvalue weighted by molar-refractivity contribution is 5.35. The van der Waals surface area contributed by atoms with Crippen molar-refractivity contribution in [1.82, 2.24) is 0 Å². The van der Waals surface area contributed by atoms with Crippen molar-refractivity contribution in [2.45, 2.75) is 12.8 Å². The van der Waals surface area contributed by atoms with Crippen molar-refractivity contribution in [3.63, 3.8) is 0 Å². The van der Waals surface area contributed by atoms with E-state index in [2.05, 4.69) is 11.6 Å². The summed E-state index contributed by atoms with van der Waals surface area (Å²) in [5, 5.41) is 6.40. The van der Waals surface area contributed by atoms with Crippen LogP contribution in [0.5, 0.6) is 0 Å². The van der Waals surface area contributed by atoms with Gasteiger partial charge in [0.15, 0.2) is 0 Å². The molecular formula is C6H10N2. The summed E-state index contributed by atoms with van der Waals surface area (Å²) >= 11 is 0. The molecule has 44 valence electrons. The van der Waals surface area contributed by atoms with Gasteiger partial charge in [-0.2, -0.15) is 0 Å². The molecule has 0 aromatic rings. The van der Waals surface area contributed by atoms with Crippen molar-refractivity contribution >= 4 is 6.01 Å². The first-order valence-electron chi connectivity index (χ1n) is 2.61. The van der Waals surface area contributed by atoms with Crippen molar-refractivity contribution < 1.29 is 0 Å². The van der Waals surface area contributed by atoms with Crippen molar-refractivity contribution in [3.05, 3.63) is 12.7 Å². The van der Waals surface area contributed by atoms with Crippen LogP contribution in [0.2, 0.25) is 0 Å². The topological polar surface area (TPSA) is 36.2 Å². The highest BCUT2D eigenvalue weighted by Gasteiger charge is 1.76. The molecule has 1 N–H and O–H groups in total. The Labute approximate surface area is 49.5 Å². The molecule has 2 nitrogen and oxygen atoms in total. The standard InChI is InChI=1S/C6H10N2/c1-2-3-4-5-8-6-7/h2,7H,1,3-5H2. The van der Waals surface area contributed by atoms with Gasteiger partial charge < -0.3 is 0 Å². The number of unbranched alkanes of at least 4 members (excludes halogenated alkanes) is 1. The molecule has 0 bridgehead atoms. The fraction of sp³-hybridized carbons (Fsp3) is 0.500. The summed E-state index contributed by atoms with van der Waals surface area (Å²) in [6.07, 6.45) is 3.81. The third-order valence-corrected chi connectivity index (χ3v) is 0.757. The van der Waals surface area contributed by atoms with E-state index < -0.39 is 0 Å². The summed E-state index contributed by atoms with van der Waals surface area (Å²) < 4.78 is 0. The molecular weight excluding hydrogens is 100 g/mol. The fourth-order valence-corrected chi connectivity index (χ4v) is 0.371. The molecule has 8 heavy (non-hydrogen) atoms. The lowest BCUT2D eigenvalue weighted by molar-refractivity contribution is 0.860. The zero-order valence-electron chi connectivity index (χ0n) is 4.85. The Bertz CT molecular complexity index is 101. The first-order chi connectivity index (χ1) is 3.91. The smallest absolute Gasteiger partial charge is 0.0861 e. The van der Waals surface area contributed by atoms with E-state index in [1.54, 1.807) is 0 Å². The lowest BCUT2D eigenvalue weighted by Gasteiger charge is -1.83. The van der Waals surface area contributed by atoms with Gasteiger partial charge in [0.1, 0.15) is 0 Å². The minimum atomic E-state index is 0.704. The van der Waals surface area contributed by atoms with Crippen LogP contribution >= 0.6 is 0 Å². The predicted molar refractivity (Wildman–Crippen MR) is 34.5 cm³/mol. The molecule has 0 radical (unpaired) electrons. The lowest BCUT2D eigenvalue weighted by Crippen LogP contribution is -1.75. The zero-order chi connectivity index (χ0) is 6.24. The average Bonchev–Trinajstić information content (AvgIpc) is 1.81. The second kappa shape index (κ2) is 6.12. The molecule has 0 saturated heterocycles. The van der Waals surface area contributed by atoms with Crippen LogP contribution in [0.25, 0.3) is 0 Å². The van der Waals surface area contributed by atoms with Crippen molar-refractivity contribution in [2.24, 2.45) is 4.99 Å². The number of nitrogens with one attached hydrogen (secondary N) is 1. The number of nitrogens with zero attached hydrogens (tertiary/aromatic N) is 1. The van der Waals surface area contributed by atoms with Crippen LogP contribution in [-0.4, -0.2) is 12.6 Å². The van der Waals surface area contributed by atoms with Gasteiger partial charge in [0.25, 0.3) is 0 Å². The van der Waals surface area contributed by atoms with Gasteiger partial charge in [0.05, 0.1) is 12.6 Å². The molecule has 0 unspecified atom stereocenters. The molecule has 0 aliphatic carbocycles. The average molecular weight is 110 g/mol. The Kier molecular flexibility index (Phi) is 5.45. The van der Waals surface area contributed by atoms with Gasteiger partial charge in [-0.05, 0) is 12.8 Å². The van der Waals surface area contributed by atoms with Crippen LogP contribution in [0.3, 0.4) is 0 Å². The van der Waals surface area contributed by atoms with E-state index in [1.807, 2.05) is 12.1 Å². The molecule has 2 heteroatoms. The molecule has 0 aromatic heterocycles. The van der Waals surface area contributed by atoms with Crippen molar-refractivity contribution in [1.29, 1.82) is 5.41 Å². The van der Waals surface area contributed by atoms with Crippen molar-refractivity contribution in [2.75, 3.05) is 6.54 Å². The molecule has 0 spiro atoms. The summed E-state index contributed by atoms with van der Waals surface area (Å²) in [5.74, 6) is 0. The van der Waals surface area contributed by atoms with Gasteiger partial charge in [0, 0.05) is 0 Å². The van der Waals surface area contributed by atoms with E-state index in [4.69, 9.17) is 5.41 Å². The van der Waals surface area contributed by atoms with E-state index in [1.165, 1.54) is 0 Å². The normalized spacial score (nSPS) is 7.50. The van der Waals surface area contributed by atoms with E-state index in [-0.39, 0.29) is 0 Å². The fourth-order valence-electron chi connectivity index (χ4n) is 0.371. The van der Waals surface area contributed by atoms with Crippen LogP contribution in [0.4, 0.5) is 0 Å². The van der Waals surface area contributed by atoms with Crippen LogP contribution in [0, 0.1) is 5.41 Å². The first kappa shape index (κ1) is 7.12. The maximum absolute atomic E-state index is 6.40. The minimum Gasteiger partial charge on any atom is -0.242 e. The molecule has 0 aromatic carbocycles. The number of hydrogen-bond donors (Lipinski definition) is 1. The summed E-state index contributed by atoms with van der Waals surface area (Å²) in [4.78, 5) is 3.58. The van der Waals surface area contributed by atoms with Crippen LogP contribution in [0.1, 0.15) is 12.8 Å². The predicted octanol–water partition coefficient (Wildman–Crippen LogP) is 1.71. The largest absolute Gasteiger partial charge is 0.242 e. The van der Waals surface area contributed by atoms with E-state index >= 15 is 0 Å². The molecule has 0 heterocycles.